The Labute approximate surface area is 189 Å². The Morgan fingerprint density at radius 3 is 2.66 bits per heavy atom. The van der Waals surface area contributed by atoms with E-state index in [9.17, 15) is 9.59 Å². The van der Waals surface area contributed by atoms with Gasteiger partial charge in [0, 0.05) is 11.6 Å². The molecule has 1 atom stereocenters. The maximum Gasteiger partial charge on any atom is 0.337 e. The third kappa shape index (κ3) is 3.57. The minimum Gasteiger partial charge on any atom is -0.376 e. The van der Waals surface area contributed by atoms with Gasteiger partial charge in [0.05, 0.1) is 31.2 Å². The van der Waals surface area contributed by atoms with Crippen LogP contribution in [0.1, 0.15) is 24.0 Å². The summed E-state index contributed by atoms with van der Waals surface area (Å²) >= 11 is 6.36. The number of para-hydroxylation sites is 1. The van der Waals surface area contributed by atoms with Gasteiger partial charge < -0.3 is 9.30 Å². The van der Waals surface area contributed by atoms with Crippen molar-refractivity contribution in [2.75, 3.05) is 6.61 Å². The second kappa shape index (κ2) is 8.41. The Kier molecular flexibility index (Phi) is 5.45. The average molecular weight is 451 g/mol. The molecular formula is C24H23ClN4O3. The van der Waals surface area contributed by atoms with Crippen molar-refractivity contribution in [1.82, 2.24) is 18.7 Å². The largest absolute Gasteiger partial charge is 0.376 e. The van der Waals surface area contributed by atoms with Crippen molar-refractivity contribution in [2.45, 2.75) is 39.0 Å². The SMILES string of the molecule is Cc1ccccc1-n1c(=O)n(CC2CCCO2)c(=O)c2c1ncn2Cc1ccccc1Cl. The van der Waals surface area contributed by atoms with Gasteiger partial charge in [-0.2, -0.15) is 0 Å². The zero-order valence-corrected chi connectivity index (χ0v) is 18.5. The second-order valence-electron chi connectivity index (χ2n) is 8.09. The van der Waals surface area contributed by atoms with Crippen molar-refractivity contribution in [2.24, 2.45) is 0 Å². The standard InChI is InChI=1S/C24H23ClN4O3/c1-16-7-2-5-11-20(16)29-22-21(23(30)28(24(29)31)14-18-9-6-12-32-18)27(15-26-22)13-17-8-3-4-10-19(17)25/h2-5,7-8,10-11,15,18H,6,9,12-14H2,1H3. The highest BCUT2D eigenvalue weighted by atomic mass is 35.5. The lowest BCUT2D eigenvalue weighted by Crippen LogP contribution is -2.42. The molecule has 1 unspecified atom stereocenters. The van der Waals surface area contributed by atoms with Crippen molar-refractivity contribution < 1.29 is 4.74 Å². The Balaban J connectivity index is 1.76. The van der Waals surface area contributed by atoms with Crippen LogP contribution in [-0.4, -0.2) is 31.4 Å². The molecule has 2 aromatic heterocycles. The number of imidazole rings is 1. The van der Waals surface area contributed by atoms with E-state index < -0.39 is 5.69 Å². The molecule has 0 spiro atoms. The molecule has 4 aromatic rings. The van der Waals surface area contributed by atoms with Crippen molar-refractivity contribution in [3.63, 3.8) is 0 Å². The Morgan fingerprint density at radius 2 is 1.91 bits per heavy atom. The molecular weight excluding hydrogens is 428 g/mol. The fraction of sp³-hybridized carbons (Fsp3) is 0.292. The molecule has 0 amide bonds. The molecule has 1 aliphatic heterocycles. The lowest BCUT2D eigenvalue weighted by atomic mass is 10.2. The topological polar surface area (TPSA) is 71.1 Å². The van der Waals surface area contributed by atoms with Crippen molar-refractivity contribution in [3.8, 4) is 5.69 Å². The van der Waals surface area contributed by atoms with Crippen LogP contribution >= 0.6 is 11.6 Å². The van der Waals surface area contributed by atoms with Crippen LogP contribution < -0.4 is 11.2 Å². The van der Waals surface area contributed by atoms with Gasteiger partial charge in [0.2, 0.25) is 0 Å². The zero-order valence-electron chi connectivity index (χ0n) is 17.7. The van der Waals surface area contributed by atoms with Crippen molar-refractivity contribution >= 4 is 22.8 Å². The summed E-state index contributed by atoms with van der Waals surface area (Å²) in [5.41, 5.74) is 2.42. The molecule has 0 bridgehead atoms. The summed E-state index contributed by atoms with van der Waals surface area (Å²) in [5.74, 6) is 0. The summed E-state index contributed by atoms with van der Waals surface area (Å²) in [7, 11) is 0. The molecule has 1 saturated heterocycles. The highest BCUT2D eigenvalue weighted by molar-refractivity contribution is 6.31. The van der Waals surface area contributed by atoms with E-state index in [1.165, 1.54) is 9.13 Å². The first kappa shape index (κ1) is 20.7. The quantitative estimate of drug-likeness (QED) is 0.466. The molecule has 1 fully saturated rings. The van der Waals surface area contributed by atoms with Crippen LogP contribution in [0.5, 0.6) is 0 Å². The minimum absolute atomic E-state index is 0.150. The predicted octanol–water partition coefficient (Wildman–Crippen LogP) is 3.54. The van der Waals surface area contributed by atoms with E-state index in [4.69, 9.17) is 16.3 Å². The van der Waals surface area contributed by atoms with E-state index in [0.29, 0.717) is 35.0 Å². The number of hydrogen-bond donors (Lipinski definition) is 0. The zero-order chi connectivity index (χ0) is 22.2. The summed E-state index contributed by atoms with van der Waals surface area (Å²) in [6.07, 6.45) is 3.20. The number of halogens is 1. The highest BCUT2D eigenvalue weighted by Crippen LogP contribution is 2.21. The summed E-state index contributed by atoms with van der Waals surface area (Å²) in [5, 5.41) is 0.612. The summed E-state index contributed by atoms with van der Waals surface area (Å²) in [6.45, 7) is 3.18. The van der Waals surface area contributed by atoms with Crippen LogP contribution in [-0.2, 0) is 17.8 Å². The first-order chi connectivity index (χ1) is 15.5. The third-order valence-corrected chi connectivity index (χ3v) is 6.33. The summed E-state index contributed by atoms with van der Waals surface area (Å²) in [4.78, 5) is 31.6. The normalized spacial score (nSPS) is 16.1. The Hall–Kier alpha value is -3.16. The molecule has 3 heterocycles. The number of nitrogens with zero attached hydrogens (tertiary/aromatic N) is 4. The highest BCUT2D eigenvalue weighted by Gasteiger charge is 2.24. The molecule has 1 aliphatic rings. The maximum absolute atomic E-state index is 13.6. The molecule has 0 radical (unpaired) electrons. The first-order valence-electron chi connectivity index (χ1n) is 10.7. The molecule has 5 rings (SSSR count). The molecule has 2 aromatic carbocycles. The fourth-order valence-electron chi connectivity index (χ4n) is 4.29. The monoisotopic (exact) mass is 450 g/mol. The smallest absolute Gasteiger partial charge is 0.337 e. The van der Waals surface area contributed by atoms with Crippen molar-refractivity contribution in [3.05, 3.63) is 91.8 Å². The van der Waals surface area contributed by atoms with E-state index in [1.54, 1.807) is 10.9 Å². The number of aromatic nitrogens is 4. The van der Waals surface area contributed by atoms with Crippen LogP contribution in [0.4, 0.5) is 0 Å². The Morgan fingerprint density at radius 1 is 1.12 bits per heavy atom. The first-order valence-corrected chi connectivity index (χ1v) is 11.0. The lowest BCUT2D eigenvalue weighted by molar-refractivity contribution is 0.0950. The second-order valence-corrected chi connectivity index (χ2v) is 8.50. The number of rotatable bonds is 5. The van der Waals surface area contributed by atoms with Gasteiger partial charge in [-0.15, -0.1) is 0 Å². The van der Waals surface area contributed by atoms with Gasteiger partial charge in [0.1, 0.15) is 0 Å². The molecule has 0 saturated carbocycles. The maximum atomic E-state index is 13.6. The third-order valence-electron chi connectivity index (χ3n) is 5.97. The van der Waals surface area contributed by atoms with Gasteiger partial charge in [-0.25, -0.2) is 14.3 Å². The van der Waals surface area contributed by atoms with Crippen LogP contribution in [0.15, 0.2) is 64.4 Å². The fourth-order valence-corrected chi connectivity index (χ4v) is 4.49. The number of benzene rings is 2. The van der Waals surface area contributed by atoms with Crippen LogP contribution in [0.2, 0.25) is 5.02 Å². The molecule has 0 N–H and O–H groups in total. The number of ether oxygens (including phenoxy) is 1. The molecule has 32 heavy (non-hydrogen) atoms. The summed E-state index contributed by atoms with van der Waals surface area (Å²) < 4.78 is 10.3. The van der Waals surface area contributed by atoms with Gasteiger partial charge in [0.15, 0.2) is 11.2 Å². The van der Waals surface area contributed by atoms with Crippen LogP contribution in [0, 0.1) is 6.92 Å². The van der Waals surface area contributed by atoms with Crippen molar-refractivity contribution in [1.29, 1.82) is 0 Å². The van der Waals surface area contributed by atoms with E-state index >= 15 is 0 Å². The molecule has 0 aliphatic carbocycles. The van der Waals surface area contributed by atoms with Crippen LogP contribution in [0.25, 0.3) is 16.9 Å². The Bertz CT molecular complexity index is 1410. The van der Waals surface area contributed by atoms with Gasteiger partial charge in [-0.1, -0.05) is 48.0 Å². The molecule has 7 nitrogen and oxygen atoms in total. The van der Waals surface area contributed by atoms with Gasteiger partial charge in [-0.05, 0) is 43.0 Å². The number of hydrogen-bond acceptors (Lipinski definition) is 4. The lowest BCUT2D eigenvalue weighted by Gasteiger charge is -2.16. The minimum atomic E-state index is -0.407. The average Bonchev–Trinajstić information content (AvgIpc) is 3.44. The van der Waals surface area contributed by atoms with Gasteiger partial charge >= 0.3 is 5.69 Å². The van der Waals surface area contributed by atoms with Gasteiger partial charge in [-0.3, -0.25) is 9.36 Å². The predicted molar refractivity (Wildman–Crippen MR) is 124 cm³/mol. The van der Waals surface area contributed by atoms with Gasteiger partial charge in [0.25, 0.3) is 5.56 Å². The number of fused-ring (bicyclic) bond motifs is 1. The molecule has 8 heteroatoms. The van der Waals surface area contributed by atoms with E-state index in [2.05, 4.69) is 4.98 Å². The summed E-state index contributed by atoms with van der Waals surface area (Å²) in [6, 6.07) is 15.1. The van der Waals surface area contributed by atoms with Crippen LogP contribution in [0.3, 0.4) is 0 Å². The molecule has 164 valence electrons. The number of aryl methyl sites for hydroxylation is 1. The van der Waals surface area contributed by atoms with E-state index in [1.807, 2.05) is 55.5 Å². The van der Waals surface area contributed by atoms with E-state index in [0.717, 1.165) is 24.0 Å². The van der Waals surface area contributed by atoms with E-state index in [-0.39, 0.29) is 18.2 Å².